The normalized spacial score (nSPS) is 18.2. The lowest BCUT2D eigenvalue weighted by Gasteiger charge is -2.14. The van der Waals surface area contributed by atoms with Crippen molar-refractivity contribution in [1.29, 1.82) is 0 Å². The van der Waals surface area contributed by atoms with Crippen LogP contribution in [0.25, 0.3) is 23.5 Å². The number of nitrogens with zero attached hydrogens (tertiary/aromatic N) is 3. The Labute approximate surface area is 254 Å². The number of benzene rings is 1. The van der Waals surface area contributed by atoms with E-state index in [1.165, 1.54) is 44.6 Å². The number of hydrogen-bond donors (Lipinski definition) is 2. The summed E-state index contributed by atoms with van der Waals surface area (Å²) in [6, 6.07) is 8.12. The van der Waals surface area contributed by atoms with E-state index < -0.39 is 0 Å². The van der Waals surface area contributed by atoms with Crippen molar-refractivity contribution >= 4 is 40.6 Å². The number of H-pyrrole nitrogens is 1. The van der Waals surface area contributed by atoms with Crippen LogP contribution >= 0.6 is 0 Å². The van der Waals surface area contributed by atoms with E-state index in [1.807, 2.05) is 12.1 Å². The largest absolute Gasteiger partial charge is 0.512 e. The van der Waals surface area contributed by atoms with E-state index >= 15 is 0 Å². The zero-order valence-electron chi connectivity index (χ0n) is 26.7. The summed E-state index contributed by atoms with van der Waals surface area (Å²) in [6.45, 7) is 19.1. The van der Waals surface area contributed by atoms with Crippen LogP contribution in [0.3, 0.4) is 0 Å². The number of aliphatic hydroxyl groups excluding tert-OH is 1. The van der Waals surface area contributed by atoms with Gasteiger partial charge in [0.05, 0.1) is 40.0 Å². The van der Waals surface area contributed by atoms with E-state index in [9.17, 15) is 5.11 Å². The molecule has 0 saturated carbocycles. The Hall–Kier alpha value is -4.51. The maximum atomic E-state index is 10.1. The second-order valence-corrected chi connectivity index (χ2v) is 11.9. The van der Waals surface area contributed by atoms with Crippen molar-refractivity contribution in [1.82, 2.24) is 4.98 Å². The highest BCUT2D eigenvalue weighted by atomic mass is 16.3. The van der Waals surface area contributed by atoms with Gasteiger partial charge in [0, 0.05) is 22.2 Å². The first-order valence-corrected chi connectivity index (χ1v) is 15.2. The van der Waals surface area contributed by atoms with Gasteiger partial charge < -0.3 is 10.1 Å². The molecule has 2 N–H and O–H groups in total. The first-order chi connectivity index (χ1) is 20.5. The van der Waals surface area contributed by atoms with Gasteiger partial charge in [0.2, 0.25) is 0 Å². The summed E-state index contributed by atoms with van der Waals surface area (Å²) in [4.78, 5) is 19.5. The van der Waals surface area contributed by atoms with E-state index in [1.54, 1.807) is 6.92 Å². The molecule has 0 unspecified atom stereocenters. The first kappa shape index (κ1) is 28.6. The molecule has 0 atom stereocenters. The van der Waals surface area contributed by atoms with Gasteiger partial charge in [0.1, 0.15) is 0 Å². The molecule has 5 heterocycles. The van der Waals surface area contributed by atoms with E-state index in [0.717, 1.165) is 74.5 Å². The van der Waals surface area contributed by atoms with Crippen molar-refractivity contribution in [3.05, 3.63) is 114 Å². The maximum absolute atomic E-state index is 10.1. The van der Waals surface area contributed by atoms with Gasteiger partial charge in [-0.3, -0.25) is 0 Å². The van der Waals surface area contributed by atoms with Crippen LogP contribution in [0, 0.1) is 13.8 Å². The average Bonchev–Trinajstić information content (AvgIpc) is 3.64. The summed E-state index contributed by atoms with van der Waals surface area (Å²) >= 11 is 0. The van der Waals surface area contributed by atoms with Crippen LogP contribution in [-0.2, 0) is 0 Å². The molecule has 6 rings (SSSR count). The Balaban J connectivity index is 1.75. The van der Waals surface area contributed by atoms with Crippen LogP contribution in [0.2, 0.25) is 0 Å². The molecule has 4 aliphatic rings. The molecule has 0 amide bonds. The molecule has 0 fully saturated rings. The number of allylic oxidation sites excluding steroid dienone is 7. The van der Waals surface area contributed by atoms with Crippen molar-refractivity contribution in [2.75, 3.05) is 0 Å². The molecule has 218 valence electrons. The molecule has 0 saturated heterocycles. The summed E-state index contributed by atoms with van der Waals surface area (Å²) in [5.41, 5.74) is 18.6. The number of aromatic nitrogens is 1. The van der Waals surface area contributed by atoms with Gasteiger partial charge >= 0.3 is 0 Å². The summed E-state index contributed by atoms with van der Waals surface area (Å²) in [7, 11) is 0. The van der Waals surface area contributed by atoms with Crippen LogP contribution in [0.5, 0.6) is 0 Å². The fraction of sp³-hybridized carbons (Fsp3) is 0.289. The van der Waals surface area contributed by atoms with E-state index in [4.69, 9.17) is 15.0 Å². The van der Waals surface area contributed by atoms with Crippen molar-refractivity contribution < 1.29 is 5.11 Å². The predicted molar refractivity (Wildman–Crippen MR) is 182 cm³/mol. The molecule has 4 aliphatic heterocycles. The molecule has 0 radical (unpaired) electrons. The molecule has 1 aromatic carbocycles. The molecule has 2 aromatic rings. The smallest absolute Gasteiger partial charge is 0.0963 e. The lowest BCUT2D eigenvalue weighted by molar-refractivity contribution is 0.499. The zero-order valence-corrected chi connectivity index (χ0v) is 26.7. The van der Waals surface area contributed by atoms with Crippen LogP contribution in [0.1, 0.15) is 83.8 Å². The lowest BCUT2D eigenvalue weighted by Crippen LogP contribution is -2.23. The average molecular weight is 569 g/mol. The number of aliphatic hydroxyl groups is 1. The molecule has 1 aromatic heterocycles. The van der Waals surface area contributed by atoms with Crippen molar-refractivity contribution in [2.45, 2.75) is 75.2 Å². The van der Waals surface area contributed by atoms with Crippen LogP contribution in [0.15, 0.2) is 95.8 Å². The molecule has 5 nitrogen and oxygen atoms in total. The molecule has 43 heavy (non-hydrogen) atoms. The monoisotopic (exact) mass is 568 g/mol. The molecule has 0 aliphatic carbocycles. The minimum Gasteiger partial charge on any atom is -0.512 e. The highest BCUT2D eigenvalue weighted by molar-refractivity contribution is 6.53. The maximum Gasteiger partial charge on any atom is 0.0963 e. The van der Waals surface area contributed by atoms with Crippen LogP contribution in [0.4, 0.5) is 0 Å². The Bertz CT molecular complexity index is 2010. The minimum atomic E-state index is 0.303. The second-order valence-electron chi connectivity index (χ2n) is 11.9. The third-order valence-electron chi connectivity index (χ3n) is 9.53. The number of aliphatic imine (C=N–C) groups is 3. The molecular formula is C38H40N4O. The van der Waals surface area contributed by atoms with Gasteiger partial charge in [-0.2, -0.15) is 0 Å². The van der Waals surface area contributed by atoms with E-state index in [2.05, 4.69) is 90.7 Å². The summed E-state index contributed by atoms with van der Waals surface area (Å²) < 4.78 is 0. The number of fused-ring (bicyclic) bond motifs is 5. The first-order valence-electron chi connectivity index (χ1n) is 15.2. The highest BCUT2D eigenvalue weighted by Gasteiger charge is 2.31. The van der Waals surface area contributed by atoms with Crippen LogP contribution < -0.4 is 10.4 Å². The molecule has 0 spiro atoms. The van der Waals surface area contributed by atoms with E-state index in [-0.39, 0.29) is 0 Å². The van der Waals surface area contributed by atoms with Crippen molar-refractivity contribution in [3.8, 4) is 0 Å². The quantitative estimate of drug-likeness (QED) is 0.380. The third-order valence-corrected chi connectivity index (χ3v) is 9.53. The lowest BCUT2D eigenvalue weighted by atomic mass is 9.89. The highest BCUT2D eigenvalue weighted by Crippen LogP contribution is 2.38. The van der Waals surface area contributed by atoms with Crippen LogP contribution in [-0.4, -0.2) is 27.2 Å². The summed E-state index contributed by atoms with van der Waals surface area (Å²) in [5, 5.41) is 12.0. The van der Waals surface area contributed by atoms with Crippen molar-refractivity contribution in [2.24, 2.45) is 15.0 Å². The summed E-state index contributed by atoms with van der Waals surface area (Å²) in [5.74, 6) is 0.303. The summed E-state index contributed by atoms with van der Waals surface area (Å²) in [6.07, 6.45) is 8.22. The number of hydrogen-bond acceptors (Lipinski definition) is 4. The van der Waals surface area contributed by atoms with Gasteiger partial charge in [0.15, 0.2) is 0 Å². The SMILES string of the molecule is CCC1=C(C)C2=CC3=NC(=Cc4[nH]c(c(C)c4C)C=C4N=C(C(CC)=C4C)C(=c4ccc(=C(C)O)cc4)C1=N2)C(C)=C3C. The Morgan fingerprint density at radius 3 is 1.63 bits per heavy atom. The molecular weight excluding hydrogens is 528 g/mol. The van der Waals surface area contributed by atoms with Gasteiger partial charge in [-0.25, -0.2) is 15.0 Å². The number of nitrogens with one attached hydrogen (secondary N) is 1. The van der Waals surface area contributed by atoms with Crippen molar-refractivity contribution in [3.63, 3.8) is 0 Å². The van der Waals surface area contributed by atoms with Gasteiger partial charge in [-0.05, 0) is 129 Å². The van der Waals surface area contributed by atoms with E-state index in [0.29, 0.717) is 5.76 Å². The Morgan fingerprint density at radius 1 is 0.651 bits per heavy atom. The third kappa shape index (κ3) is 4.58. The van der Waals surface area contributed by atoms with Gasteiger partial charge in [-0.15, -0.1) is 0 Å². The zero-order chi connectivity index (χ0) is 30.7. The molecule has 5 heteroatoms. The minimum absolute atomic E-state index is 0.303. The predicted octanol–water partition coefficient (Wildman–Crippen LogP) is 7.90. The standard InChI is InChI=1S/C38H40N4O/c1-10-28-23(7)34-17-32-21(5)19(3)30(39-32)16-31-20(4)22(6)33(40-31)18-35-24(8)29(11-2)38(42-35)36(37(28)41-34)27-14-12-26(13-15-27)25(9)43/h12-18,39,43H,10-11H2,1-9H3. The number of aromatic amines is 1. The fourth-order valence-corrected chi connectivity index (χ4v) is 6.42. The van der Waals surface area contributed by atoms with Gasteiger partial charge in [0.25, 0.3) is 0 Å². The second kappa shape index (κ2) is 10.6. The van der Waals surface area contributed by atoms with Gasteiger partial charge in [-0.1, -0.05) is 38.1 Å². The Kier molecular flexibility index (Phi) is 7.08. The Morgan fingerprint density at radius 2 is 1.14 bits per heavy atom. The molecule has 8 bridgehead atoms. The topological polar surface area (TPSA) is 73.1 Å². The fourth-order valence-electron chi connectivity index (χ4n) is 6.42. The number of rotatable bonds is 2.